The highest BCUT2D eigenvalue weighted by molar-refractivity contribution is 7.89. The Morgan fingerprint density at radius 1 is 0.966 bits per heavy atom. The van der Waals surface area contributed by atoms with E-state index in [1.807, 2.05) is 30.5 Å². The molecular weight excluding hydrogens is 412 g/mol. The van der Waals surface area contributed by atoms with Crippen LogP contribution in [0.3, 0.4) is 0 Å². The second-order valence-electron chi connectivity index (χ2n) is 6.72. The van der Waals surface area contributed by atoms with Gasteiger partial charge in [-0.05, 0) is 48.0 Å². The SMILES string of the molecule is COc1ccc([C@H]2c3cccn3CCN2S(=O)(=O)c2cccc(Cl)c2)cc1OC. The van der Waals surface area contributed by atoms with Crippen LogP contribution in [0.15, 0.2) is 65.7 Å². The number of hydrogen-bond acceptors (Lipinski definition) is 4. The number of ether oxygens (including phenoxy) is 2. The second-order valence-corrected chi connectivity index (χ2v) is 9.04. The summed E-state index contributed by atoms with van der Waals surface area (Å²) in [6, 6.07) is 15.2. The molecule has 0 bridgehead atoms. The van der Waals surface area contributed by atoms with Crippen LogP contribution >= 0.6 is 11.6 Å². The van der Waals surface area contributed by atoms with Crippen LogP contribution in [0.1, 0.15) is 17.3 Å². The van der Waals surface area contributed by atoms with Gasteiger partial charge in [-0.2, -0.15) is 4.31 Å². The molecule has 0 N–H and O–H groups in total. The summed E-state index contributed by atoms with van der Waals surface area (Å²) in [5.74, 6) is 1.14. The fraction of sp³-hybridized carbons (Fsp3) is 0.238. The number of fused-ring (bicyclic) bond motifs is 1. The molecule has 0 radical (unpaired) electrons. The van der Waals surface area contributed by atoms with Gasteiger partial charge in [-0.25, -0.2) is 8.42 Å². The molecule has 0 spiro atoms. The maximum atomic E-state index is 13.5. The van der Waals surface area contributed by atoms with Crippen molar-refractivity contribution in [2.24, 2.45) is 0 Å². The molecule has 0 fully saturated rings. The quantitative estimate of drug-likeness (QED) is 0.612. The minimum atomic E-state index is -3.77. The molecule has 0 saturated carbocycles. The molecule has 2 heterocycles. The summed E-state index contributed by atoms with van der Waals surface area (Å²) >= 11 is 6.06. The van der Waals surface area contributed by atoms with Gasteiger partial charge in [0.05, 0.1) is 25.2 Å². The molecule has 0 amide bonds. The molecule has 6 nitrogen and oxygen atoms in total. The first-order chi connectivity index (χ1) is 14.0. The van der Waals surface area contributed by atoms with Gasteiger partial charge in [0.15, 0.2) is 11.5 Å². The largest absolute Gasteiger partial charge is 0.493 e. The second kappa shape index (κ2) is 7.74. The normalized spacial score (nSPS) is 17.0. The van der Waals surface area contributed by atoms with Crippen molar-refractivity contribution in [3.8, 4) is 11.5 Å². The maximum absolute atomic E-state index is 13.5. The zero-order valence-corrected chi connectivity index (χ0v) is 17.7. The Bertz CT molecular complexity index is 1140. The Hall–Kier alpha value is -2.48. The topological polar surface area (TPSA) is 60.8 Å². The minimum absolute atomic E-state index is 0.176. The third-order valence-corrected chi connectivity index (χ3v) is 7.22. The minimum Gasteiger partial charge on any atom is -0.493 e. The summed E-state index contributed by atoms with van der Waals surface area (Å²) in [6.45, 7) is 0.918. The standard InChI is InChI=1S/C21H21ClN2O4S/c1-27-19-9-8-15(13-20(19)28-2)21-18-7-4-10-23(18)11-12-24(21)29(25,26)17-6-3-5-16(22)14-17/h3-10,13-14,21H,11-12H2,1-2H3/t21-/m0/s1. The zero-order valence-electron chi connectivity index (χ0n) is 16.1. The Morgan fingerprint density at radius 3 is 2.48 bits per heavy atom. The van der Waals surface area contributed by atoms with Gasteiger partial charge in [-0.15, -0.1) is 0 Å². The molecule has 152 valence electrons. The predicted octanol–water partition coefficient (Wildman–Crippen LogP) is 3.95. The first-order valence-corrected chi connectivity index (χ1v) is 10.9. The van der Waals surface area contributed by atoms with E-state index in [0.717, 1.165) is 11.3 Å². The molecule has 1 aliphatic rings. The van der Waals surface area contributed by atoms with Gasteiger partial charge in [0.1, 0.15) is 0 Å². The van der Waals surface area contributed by atoms with Gasteiger partial charge >= 0.3 is 0 Å². The lowest BCUT2D eigenvalue weighted by atomic mass is 10.0. The molecule has 0 aliphatic carbocycles. The van der Waals surface area contributed by atoms with Crippen molar-refractivity contribution in [2.75, 3.05) is 20.8 Å². The lowest BCUT2D eigenvalue weighted by Crippen LogP contribution is -2.42. The third kappa shape index (κ3) is 3.50. The molecule has 2 aromatic carbocycles. The van der Waals surface area contributed by atoms with Crippen molar-refractivity contribution < 1.29 is 17.9 Å². The number of nitrogens with zero attached hydrogens (tertiary/aromatic N) is 2. The van der Waals surface area contributed by atoms with E-state index >= 15 is 0 Å². The van der Waals surface area contributed by atoms with E-state index < -0.39 is 16.1 Å². The van der Waals surface area contributed by atoms with Gasteiger partial charge in [0, 0.05) is 30.0 Å². The first-order valence-electron chi connectivity index (χ1n) is 9.10. The highest BCUT2D eigenvalue weighted by Gasteiger charge is 2.38. The van der Waals surface area contributed by atoms with E-state index in [0.29, 0.717) is 29.6 Å². The highest BCUT2D eigenvalue weighted by Crippen LogP contribution is 2.39. The lowest BCUT2D eigenvalue weighted by molar-refractivity contribution is 0.296. The van der Waals surface area contributed by atoms with Crippen LogP contribution in [0.2, 0.25) is 5.02 Å². The first kappa shape index (κ1) is 19.8. The molecule has 1 aromatic heterocycles. The summed E-state index contributed by atoms with van der Waals surface area (Å²) in [6.07, 6.45) is 1.96. The average molecular weight is 433 g/mol. The van der Waals surface area contributed by atoms with Crippen molar-refractivity contribution >= 4 is 21.6 Å². The molecule has 0 saturated heterocycles. The number of halogens is 1. The van der Waals surface area contributed by atoms with E-state index in [4.69, 9.17) is 21.1 Å². The maximum Gasteiger partial charge on any atom is 0.244 e. The average Bonchev–Trinajstić information content (AvgIpc) is 3.21. The molecule has 3 aromatic rings. The van der Waals surface area contributed by atoms with Gasteiger partial charge in [0.2, 0.25) is 10.0 Å². The predicted molar refractivity (Wildman–Crippen MR) is 111 cm³/mol. The molecule has 29 heavy (non-hydrogen) atoms. The molecule has 4 rings (SSSR count). The fourth-order valence-electron chi connectivity index (χ4n) is 3.74. The van der Waals surface area contributed by atoms with E-state index in [9.17, 15) is 8.42 Å². The van der Waals surface area contributed by atoms with Crippen LogP contribution in [-0.4, -0.2) is 38.1 Å². The molecule has 8 heteroatoms. The third-order valence-electron chi connectivity index (χ3n) is 5.12. The lowest BCUT2D eigenvalue weighted by Gasteiger charge is -2.36. The van der Waals surface area contributed by atoms with E-state index in [2.05, 4.69) is 4.57 Å². The molecule has 0 unspecified atom stereocenters. The van der Waals surface area contributed by atoms with Crippen molar-refractivity contribution in [1.29, 1.82) is 0 Å². The van der Waals surface area contributed by atoms with Crippen LogP contribution in [0.4, 0.5) is 0 Å². The fourth-order valence-corrected chi connectivity index (χ4v) is 5.63. The van der Waals surface area contributed by atoms with E-state index in [-0.39, 0.29) is 4.90 Å². The number of methoxy groups -OCH3 is 2. The van der Waals surface area contributed by atoms with Crippen molar-refractivity contribution in [1.82, 2.24) is 8.87 Å². The Morgan fingerprint density at radius 2 is 1.76 bits per heavy atom. The van der Waals surface area contributed by atoms with Crippen molar-refractivity contribution in [2.45, 2.75) is 17.5 Å². The van der Waals surface area contributed by atoms with Gasteiger partial charge < -0.3 is 14.0 Å². The van der Waals surface area contributed by atoms with Crippen LogP contribution in [0, 0.1) is 0 Å². The van der Waals surface area contributed by atoms with Gasteiger partial charge in [-0.1, -0.05) is 23.7 Å². The molecule has 1 aliphatic heterocycles. The van der Waals surface area contributed by atoms with Crippen molar-refractivity contribution in [3.05, 3.63) is 77.1 Å². The van der Waals surface area contributed by atoms with Crippen LogP contribution in [0.25, 0.3) is 0 Å². The van der Waals surface area contributed by atoms with Gasteiger partial charge in [-0.3, -0.25) is 0 Å². The van der Waals surface area contributed by atoms with Crippen LogP contribution < -0.4 is 9.47 Å². The Kier molecular flexibility index (Phi) is 5.29. The summed E-state index contributed by atoms with van der Waals surface area (Å²) in [7, 11) is -0.644. The van der Waals surface area contributed by atoms with Crippen LogP contribution in [0.5, 0.6) is 11.5 Å². The monoisotopic (exact) mass is 432 g/mol. The Balaban J connectivity index is 1.86. The molecular formula is C21H21ClN2O4S. The molecule has 1 atom stereocenters. The summed E-state index contributed by atoms with van der Waals surface area (Å²) in [5, 5.41) is 0.383. The summed E-state index contributed by atoms with van der Waals surface area (Å²) in [4.78, 5) is 0.176. The smallest absolute Gasteiger partial charge is 0.244 e. The highest BCUT2D eigenvalue weighted by atomic mass is 35.5. The van der Waals surface area contributed by atoms with Crippen LogP contribution in [-0.2, 0) is 16.6 Å². The number of sulfonamides is 1. The Labute approximate surface area is 175 Å². The number of hydrogen-bond donors (Lipinski definition) is 0. The van der Waals surface area contributed by atoms with Gasteiger partial charge in [0.25, 0.3) is 0 Å². The number of aromatic nitrogens is 1. The van der Waals surface area contributed by atoms with E-state index in [1.165, 1.54) is 10.4 Å². The van der Waals surface area contributed by atoms with Crippen molar-refractivity contribution in [3.63, 3.8) is 0 Å². The zero-order chi connectivity index (χ0) is 20.6. The summed E-state index contributed by atoms with van der Waals surface area (Å²) < 4.78 is 41.4. The number of benzene rings is 2. The number of rotatable bonds is 5. The summed E-state index contributed by atoms with van der Waals surface area (Å²) in [5.41, 5.74) is 1.70. The van der Waals surface area contributed by atoms with E-state index in [1.54, 1.807) is 38.5 Å².